The molecule has 2 atom stereocenters. The maximum Gasteiger partial charge on any atom is 0.237 e. The largest absolute Gasteiger partial charge is 0.392 e. The van der Waals surface area contributed by atoms with Crippen molar-refractivity contribution in [2.24, 2.45) is 5.92 Å². The number of β-amino-alcohol motifs (C(OH)–C–C–N with tert-alkyl or cyclic N) is 1. The van der Waals surface area contributed by atoms with Gasteiger partial charge in [-0.2, -0.15) is 0 Å². The maximum absolute atomic E-state index is 11.9. The summed E-state index contributed by atoms with van der Waals surface area (Å²) < 4.78 is 0. The van der Waals surface area contributed by atoms with Gasteiger partial charge in [-0.3, -0.25) is 4.79 Å². The monoisotopic (exact) mass is 359 g/mol. The van der Waals surface area contributed by atoms with Crippen LogP contribution in [0.25, 0.3) is 0 Å². The van der Waals surface area contributed by atoms with Crippen molar-refractivity contribution in [3.8, 4) is 0 Å². The van der Waals surface area contributed by atoms with Gasteiger partial charge in [0.05, 0.1) is 12.1 Å². The van der Waals surface area contributed by atoms with E-state index >= 15 is 0 Å². The highest BCUT2D eigenvalue weighted by molar-refractivity contribution is 5.82. The number of amides is 1. The predicted octanol–water partition coefficient (Wildman–Crippen LogP) is 1.56. The minimum atomic E-state index is -0.379. The summed E-state index contributed by atoms with van der Waals surface area (Å²) in [5.41, 5.74) is 1.46. The fourth-order valence-corrected chi connectivity index (χ4v) is 4.07. The second-order valence-corrected chi connectivity index (χ2v) is 7.82. The lowest BCUT2D eigenvalue weighted by Gasteiger charge is -2.32. The number of piperidine rings is 1. The molecule has 26 heavy (non-hydrogen) atoms. The van der Waals surface area contributed by atoms with Gasteiger partial charge in [0.25, 0.3) is 0 Å². The fraction of sp³-hybridized carbons (Fsp3) is 0.667. The van der Waals surface area contributed by atoms with E-state index in [-0.39, 0.29) is 18.1 Å². The molecule has 1 aromatic carbocycles. The number of likely N-dealkylation sites (tertiary alicyclic amines) is 1. The predicted molar refractivity (Wildman–Crippen MR) is 104 cm³/mol. The molecule has 2 fully saturated rings. The molecular weight excluding hydrogens is 326 g/mol. The lowest BCUT2D eigenvalue weighted by Crippen LogP contribution is -2.41. The van der Waals surface area contributed by atoms with E-state index in [1.165, 1.54) is 37.9 Å². The number of unbranched alkanes of at least 4 members (excludes halogenated alkanes) is 1. The zero-order chi connectivity index (χ0) is 18.2. The SMILES string of the molecule is O=C(NCCCCN1CCC(Cc2ccccc2)CC1)C1CC(O)CN1. The summed E-state index contributed by atoms with van der Waals surface area (Å²) in [6.45, 7) is 4.80. The first kappa shape index (κ1) is 19.3. The quantitative estimate of drug-likeness (QED) is 0.617. The standard InChI is InChI=1S/C21H33N3O2/c25-19-15-20(23-16-19)21(26)22-10-4-5-11-24-12-8-18(9-13-24)14-17-6-2-1-3-7-17/h1-3,6-7,18-20,23,25H,4-5,8-16H2,(H,22,26). The van der Waals surface area contributed by atoms with Gasteiger partial charge in [0.1, 0.15) is 0 Å². The van der Waals surface area contributed by atoms with E-state index < -0.39 is 0 Å². The molecular formula is C21H33N3O2. The molecule has 5 heteroatoms. The maximum atomic E-state index is 11.9. The zero-order valence-electron chi connectivity index (χ0n) is 15.7. The number of hydrogen-bond acceptors (Lipinski definition) is 4. The third-order valence-corrected chi connectivity index (χ3v) is 5.70. The van der Waals surface area contributed by atoms with Crippen molar-refractivity contribution >= 4 is 5.91 Å². The number of benzene rings is 1. The Balaban J connectivity index is 1.22. The van der Waals surface area contributed by atoms with Crippen LogP contribution in [-0.2, 0) is 11.2 Å². The number of carbonyl (C=O) groups excluding carboxylic acids is 1. The van der Waals surface area contributed by atoms with Gasteiger partial charge in [0.15, 0.2) is 0 Å². The van der Waals surface area contributed by atoms with E-state index in [1.54, 1.807) is 0 Å². The Bertz CT molecular complexity index is 543. The van der Waals surface area contributed by atoms with E-state index in [2.05, 4.69) is 45.9 Å². The van der Waals surface area contributed by atoms with Crippen LogP contribution in [0.3, 0.4) is 0 Å². The average molecular weight is 360 g/mol. The van der Waals surface area contributed by atoms with Gasteiger partial charge in [-0.25, -0.2) is 0 Å². The number of carbonyl (C=O) groups is 1. The molecule has 0 bridgehead atoms. The normalized spacial score (nSPS) is 24.7. The number of nitrogens with zero attached hydrogens (tertiary/aromatic N) is 1. The molecule has 0 radical (unpaired) electrons. The molecule has 2 saturated heterocycles. The molecule has 0 saturated carbocycles. The lowest BCUT2D eigenvalue weighted by molar-refractivity contribution is -0.122. The van der Waals surface area contributed by atoms with Crippen molar-refractivity contribution in [1.82, 2.24) is 15.5 Å². The molecule has 2 aliphatic rings. The van der Waals surface area contributed by atoms with Crippen molar-refractivity contribution in [2.75, 3.05) is 32.7 Å². The lowest BCUT2D eigenvalue weighted by atomic mass is 9.90. The van der Waals surface area contributed by atoms with Crippen molar-refractivity contribution in [3.05, 3.63) is 35.9 Å². The molecule has 3 N–H and O–H groups in total. The van der Waals surface area contributed by atoms with Crippen LogP contribution in [0.2, 0.25) is 0 Å². The number of hydrogen-bond donors (Lipinski definition) is 3. The summed E-state index contributed by atoms with van der Waals surface area (Å²) >= 11 is 0. The molecule has 0 aliphatic carbocycles. The van der Waals surface area contributed by atoms with Crippen molar-refractivity contribution in [1.29, 1.82) is 0 Å². The van der Waals surface area contributed by atoms with Crippen molar-refractivity contribution in [3.63, 3.8) is 0 Å². The van der Waals surface area contributed by atoms with Crippen LogP contribution < -0.4 is 10.6 Å². The Labute approximate surface area is 157 Å². The number of rotatable bonds is 8. The molecule has 2 heterocycles. The van der Waals surface area contributed by atoms with Gasteiger partial charge in [-0.1, -0.05) is 30.3 Å². The Morgan fingerprint density at radius 1 is 1.19 bits per heavy atom. The first-order valence-electron chi connectivity index (χ1n) is 10.2. The van der Waals surface area contributed by atoms with Crippen LogP contribution in [0, 0.1) is 5.92 Å². The summed E-state index contributed by atoms with van der Waals surface area (Å²) in [5.74, 6) is 0.852. The van der Waals surface area contributed by atoms with Crippen molar-refractivity contribution < 1.29 is 9.90 Å². The van der Waals surface area contributed by atoms with E-state index in [1.807, 2.05) is 0 Å². The van der Waals surface area contributed by atoms with Crippen LogP contribution in [-0.4, -0.2) is 60.8 Å². The molecule has 2 aliphatic heterocycles. The smallest absolute Gasteiger partial charge is 0.237 e. The summed E-state index contributed by atoms with van der Waals surface area (Å²) in [4.78, 5) is 14.5. The van der Waals surface area contributed by atoms with E-state index in [0.717, 1.165) is 31.8 Å². The molecule has 1 amide bonds. The van der Waals surface area contributed by atoms with E-state index in [0.29, 0.717) is 13.0 Å². The number of aliphatic hydroxyl groups excluding tert-OH is 1. The molecule has 1 aromatic rings. The Kier molecular flexibility index (Phi) is 7.47. The second kappa shape index (κ2) is 10.0. The highest BCUT2D eigenvalue weighted by atomic mass is 16.3. The highest BCUT2D eigenvalue weighted by Gasteiger charge is 2.27. The summed E-state index contributed by atoms with van der Waals surface area (Å²) in [7, 11) is 0. The van der Waals surface area contributed by atoms with Gasteiger partial charge < -0.3 is 20.6 Å². The minimum absolute atomic E-state index is 0.0308. The van der Waals surface area contributed by atoms with E-state index in [9.17, 15) is 9.90 Å². The van der Waals surface area contributed by atoms with Gasteiger partial charge in [0.2, 0.25) is 5.91 Å². The van der Waals surface area contributed by atoms with Crippen LogP contribution in [0.15, 0.2) is 30.3 Å². The zero-order valence-corrected chi connectivity index (χ0v) is 15.7. The highest BCUT2D eigenvalue weighted by Crippen LogP contribution is 2.21. The first-order chi connectivity index (χ1) is 12.7. The number of aliphatic hydroxyl groups is 1. The summed E-state index contributed by atoms with van der Waals surface area (Å²) in [6.07, 6.45) is 6.10. The van der Waals surface area contributed by atoms with Gasteiger partial charge in [0, 0.05) is 13.1 Å². The second-order valence-electron chi connectivity index (χ2n) is 7.82. The van der Waals surface area contributed by atoms with Crippen molar-refractivity contribution in [2.45, 2.75) is 50.7 Å². The third-order valence-electron chi connectivity index (χ3n) is 5.70. The van der Waals surface area contributed by atoms with Crippen LogP contribution in [0.5, 0.6) is 0 Å². The van der Waals surface area contributed by atoms with Gasteiger partial charge in [-0.15, -0.1) is 0 Å². The van der Waals surface area contributed by atoms with Gasteiger partial charge in [-0.05, 0) is 69.6 Å². The van der Waals surface area contributed by atoms with Crippen LogP contribution in [0.1, 0.15) is 37.7 Å². The fourth-order valence-electron chi connectivity index (χ4n) is 4.07. The Morgan fingerprint density at radius 2 is 1.96 bits per heavy atom. The molecule has 144 valence electrons. The first-order valence-corrected chi connectivity index (χ1v) is 10.2. The average Bonchev–Trinajstić information content (AvgIpc) is 3.10. The number of nitrogens with one attached hydrogen (secondary N) is 2. The molecule has 0 aromatic heterocycles. The molecule has 0 spiro atoms. The molecule has 5 nitrogen and oxygen atoms in total. The third kappa shape index (κ3) is 6.08. The van der Waals surface area contributed by atoms with Crippen LogP contribution >= 0.6 is 0 Å². The van der Waals surface area contributed by atoms with E-state index in [4.69, 9.17) is 0 Å². The summed E-state index contributed by atoms with van der Waals surface area (Å²) in [5, 5.41) is 15.5. The molecule has 2 unspecified atom stereocenters. The topological polar surface area (TPSA) is 64.6 Å². The Hall–Kier alpha value is -1.43. The van der Waals surface area contributed by atoms with Gasteiger partial charge >= 0.3 is 0 Å². The molecule has 3 rings (SSSR count). The Morgan fingerprint density at radius 3 is 2.65 bits per heavy atom. The van der Waals surface area contributed by atoms with Crippen LogP contribution in [0.4, 0.5) is 0 Å². The minimum Gasteiger partial charge on any atom is -0.392 e. The summed E-state index contributed by atoms with van der Waals surface area (Å²) in [6, 6.07) is 10.6.